The van der Waals surface area contributed by atoms with Crippen molar-refractivity contribution in [3.8, 4) is 11.9 Å². The van der Waals surface area contributed by atoms with Crippen molar-refractivity contribution in [3.05, 3.63) is 57.1 Å². The zero-order chi connectivity index (χ0) is 18.7. The van der Waals surface area contributed by atoms with Crippen molar-refractivity contribution in [1.82, 2.24) is 14.3 Å². The number of rotatable bonds is 5. The van der Waals surface area contributed by atoms with Gasteiger partial charge in [0.05, 0.1) is 41.3 Å². The van der Waals surface area contributed by atoms with Crippen LogP contribution in [0.4, 0.5) is 5.69 Å². The molecule has 26 heavy (non-hydrogen) atoms. The van der Waals surface area contributed by atoms with Gasteiger partial charge < -0.3 is 10.1 Å². The van der Waals surface area contributed by atoms with Gasteiger partial charge in [-0.1, -0.05) is 6.58 Å². The summed E-state index contributed by atoms with van der Waals surface area (Å²) in [6.45, 7) is 5.79. The van der Waals surface area contributed by atoms with E-state index >= 15 is 0 Å². The molecule has 3 aromatic rings. The number of carbonyl (C=O) groups excluding carboxylic acids is 1. The van der Waals surface area contributed by atoms with Crippen LogP contribution in [0.25, 0.3) is 5.57 Å². The molecule has 0 atom stereocenters. The summed E-state index contributed by atoms with van der Waals surface area (Å²) in [5.41, 5.74) is 2.14. The molecule has 1 amide bonds. The average Bonchev–Trinajstić information content (AvgIpc) is 3.28. The summed E-state index contributed by atoms with van der Waals surface area (Å²) >= 11 is 2.40. The van der Waals surface area contributed by atoms with E-state index in [1.807, 2.05) is 6.07 Å². The summed E-state index contributed by atoms with van der Waals surface area (Å²) in [5, 5.41) is 12.3. The quantitative estimate of drug-likeness (QED) is 0.724. The molecular formula is C17H13N5O2S2. The smallest absolute Gasteiger partial charge is 0.259 e. The number of aryl methyl sites for hydroxylation is 1. The predicted molar refractivity (Wildman–Crippen MR) is 101 cm³/mol. The number of carbonyl (C=O) groups is 1. The van der Waals surface area contributed by atoms with Gasteiger partial charge in [0, 0.05) is 11.6 Å². The van der Waals surface area contributed by atoms with E-state index in [1.165, 1.54) is 42.4 Å². The Labute approximate surface area is 157 Å². The van der Waals surface area contributed by atoms with E-state index in [0.717, 1.165) is 0 Å². The van der Waals surface area contributed by atoms with E-state index in [1.54, 1.807) is 19.1 Å². The molecule has 0 spiro atoms. The van der Waals surface area contributed by atoms with Gasteiger partial charge in [0.1, 0.15) is 16.0 Å². The molecule has 0 aromatic carbocycles. The third kappa shape index (κ3) is 3.46. The second-order valence-corrected chi connectivity index (χ2v) is 6.94. The van der Waals surface area contributed by atoms with E-state index in [-0.39, 0.29) is 5.91 Å². The Morgan fingerprint density at radius 3 is 2.77 bits per heavy atom. The van der Waals surface area contributed by atoms with E-state index in [2.05, 4.69) is 26.2 Å². The molecule has 0 unspecified atom stereocenters. The number of nitrogens with zero attached hydrogens (tertiary/aromatic N) is 4. The maximum Gasteiger partial charge on any atom is 0.259 e. The van der Waals surface area contributed by atoms with Crippen LogP contribution < -0.4 is 10.1 Å². The Kier molecular flexibility index (Phi) is 5.06. The van der Waals surface area contributed by atoms with Crippen LogP contribution >= 0.6 is 22.9 Å². The van der Waals surface area contributed by atoms with Gasteiger partial charge in [-0.15, -0.1) is 11.3 Å². The molecule has 0 bridgehead atoms. The highest BCUT2D eigenvalue weighted by Gasteiger charge is 2.22. The number of aromatic nitrogens is 3. The highest BCUT2D eigenvalue weighted by molar-refractivity contribution is 7.14. The summed E-state index contributed by atoms with van der Waals surface area (Å²) in [7, 11) is 1.52. The van der Waals surface area contributed by atoms with E-state index < -0.39 is 0 Å². The van der Waals surface area contributed by atoms with Crippen LogP contribution in [0.2, 0.25) is 0 Å². The third-order valence-electron chi connectivity index (χ3n) is 3.44. The summed E-state index contributed by atoms with van der Waals surface area (Å²) in [5.74, 6) is 0.152. The minimum atomic E-state index is -0.309. The molecule has 9 heteroatoms. The molecule has 7 nitrogen and oxygen atoms in total. The van der Waals surface area contributed by atoms with Crippen LogP contribution in [0.3, 0.4) is 0 Å². The monoisotopic (exact) mass is 383 g/mol. The van der Waals surface area contributed by atoms with Crippen LogP contribution in [-0.2, 0) is 0 Å². The molecule has 0 aliphatic rings. The Bertz CT molecular complexity index is 1010. The van der Waals surface area contributed by atoms with Gasteiger partial charge in [-0.3, -0.25) is 4.79 Å². The van der Waals surface area contributed by atoms with E-state index in [9.17, 15) is 4.79 Å². The summed E-state index contributed by atoms with van der Waals surface area (Å²) in [4.78, 5) is 22.1. The maximum atomic E-state index is 12.8. The van der Waals surface area contributed by atoms with Crippen molar-refractivity contribution in [2.75, 3.05) is 12.4 Å². The van der Waals surface area contributed by atoms with Crippen molar-refractivity contribution in [3.63, 3.8) is 0 Å². The molecule has 0 saturated carbocycles. The SMILES string of the molecule is C=C(c1ncc(C#N)s1)c1snc(C)c1C(=O)Nc1ccc(OC)nc1. The molecule has 3 aromatic heterocycles. The standard InChI is InChI=1S/C17H13N5O2S2/c1-9(17-20-8-12(6-18)25-17)15-14(10(2)22-26-15)16(23)21-11-4-5-13(24-3)19-7-11/h4-5,7-8H,1H2,2-3H3,(H,21,23). The second kappa shape index (κ2) is 7.43. The maximum absolute atomic E-state index is 12.8. The molecule has 130 valence electrons. The van der Waals surface area contributed by atoms with Gasteiger partial charge in [-0.05, 0) is 24.5 Å². The Balaban J connectivity index is 1.87. The summed E-state index contributed by atoms with van der Waals surface area (Å²) in [6.07, 6.45) is 3.00. The van der Waals surface area contributed by atoms with Crippen LogP contribution in [0.15, 0.2) is 31.1 Å². The average molecular weight is 383 g/mol. The Morgan fingerprint density at radius 2 is 2.15 bits per heavy atom. The van der Waals surface area contributed by atoms with Crippen LogP contribution in [0.1, 0.15) is 30.8 Å². The van der Waals surface area contributed by atoms with Crippen LogP contribution in [0, 0.1) is 18.3 Å². The third-order valence-corrected chi connectivity index (χ3v) is 5.40. The lowest BCUT2D eigenvalue weighted by Gasteiger charge is -2.07. The van der Waals surface area contributed by atoms with Gasteiger partial charge in [0.2, 0.25) is 5.88 Å². The van der Waals surface area contributed by atoms with Crippen molar-refractivity contribution < 1.29 is 9.53 Å². The van der Waals surface area contributed by atoms with Gasteiger partial charge in [0.25, 0.3) is 5.91 Å². The molecule has 3 heterocycles. The second-order valence-electron chi connectivity index (χ2n) is 5.14. The number of pyridine rings is 1. The highest BCUT2D eigenvalue weighted by Crippen LogP contribution is 2.32. The first-order valence-electron chi connectivity index (χ1n) is 7.36. The Hall–Kier alpha value is -3.09. The fraction of sp³-hybridized carbons (Fsp3) is 0.118. The van der Waals surface area contributed by atoms with E-state index in [4.69, 9.17) is 10.00 Å². The minimum Gasteiger partial charge on any atom is -0.481 e. The number of amides is 1. The van der Waals surface area contributed by atoms with Crippen LogP contribution in [0.5, 0.6) is 5.88 Å². The number of anilines is 1. The largest absolute Gasteiger partial charge is 0.481 e. The number of hydrogen-bond donors (Lipinski definition) is 1. The van der Waals surface area contributed by atoms with Crippen molar-refractivity contribution in [1.29, 1.82) is 5.26 Å². The molecule has 0 aliphatic carbocycles. The first kappa shape index (κ1) is 17.7. The van der Waals surface area contributed by atoms with Gasteiger partial charge in [0.15, 0.2) is 0 Å². The molecule has 3 rings (SSSR count). The summed E-state index contributed by atoms with van der Waals surface area (Å²) in [6, 6.07) is 5.41. The minimum absolute atomic E-state index is 0.309. The number of ether oxygens (including phenoxy) is 1. The van der Waals surface area contributed by atoms with Gasteiger partial charge in [-0.2, -0.15) is 9.64 Å². The molecule has 0 saturated heterocycles. The number of hydrogen-bond acceptors (Lipinski definition) is 8. The lowest BCUT2D eigenvalue weighted by Crippen LogP contribution is -2.14. The lowest BCUT2D eigenvalue weighted by molar-refractivity contribution is 0.102. The zero-order valence-electron chi connectivity index (χ0n) is 13.9. The Morgan fingerprint density at radius 1 is 1.35 bits per heavy atom. The van der Waals surface area contributed by atoms with Crippen LogP contribution in [-0.4, -0.2) is 27.4 Å². The molecule has 1 N–H and O–H groups in total. The normalized spacial score (nSPS) is 10.2. The fourth-order valence-corrected chi connectivity index (χ4v) is 3.79. The van der Waals surface area contributed by atoms with Gasteiger partial charge in [-0.25, -0.2) is 9.97 Å². The highest BCUT2D eigenvalue weighted by atomic mass is 32.1. The number of methoxy groups -OCH3 is 1. The number of nitrogens with one attached hydrogen (secondary N) is 1. The fourth-order valence-electron chi connectivity index (χ4n) is 2.17. The van der Waals surface area contributed by atoms with Crippen molar-refractivity contribution in [2.24, 2.45) is 0 Å². The van der Waals surface area contributed by atoms with Crippen molar-refractivity contribution >= 4 is 40.0 Å². The predicted octanol–water partition coefficient (Wildman–Crippen LogP) is 3.50. The zero-order valence-corrected chi connectivity index (χ0v) is 15.6. The molecule has 0 aliphatic heterocycles. The number of thiazole rings is 1. The number of nitriles is 1. The van der Waals surface area contributed by atoms with Crippen molar-refractivity contribution in [2.45, 2.75) is 6.92 Å². The molecule has 0 fully saturated rings. The molecular weight excluding hydrogens is 370 g/mol. The summed E-state index contributed by atoms with van der Waals surface area (Å²) < 4.78 is 9.28. The first-order chi connectivity index (χ1) is 12.5. The topological polar surface area (TPSA) is 101 Å². The molecule has 0 radical (unpaired) electrons. The first-order valence-corrected chi connectivity index (χ1v) is 8.95. The lowest BCUT2D eigenvalue weighted by atomic mass is 10.1. The van der Waals surface area contributed by atoms with Gasteiger partial charge >= 0.3 is 0 Å². The van der Waals surface area contributed by atoms with E-state index in [0.29, 0.717) is 43.2 Å².